The molecule has 1 aliphatic rings. The first-order valence-electron chi connectivity index (χ1n) is 5.08. The van der Waals surface area contributed by atoms with E-state index in [0.717, 1.165) is 30.3 Å². The van der Waals surface area contributed by atoms with Crippen molar-refractivity contribution >= 4 is 5.82 Å². The number of hydrogen-bond acceptors (Lipinski definition) is 4. The van der Waals surface area contributed by atoms with Gasteiger partial charge in [-0.15, -0.1) is 0 Å². The molecule has 0 saturated carbocycles. The van der Waals surface area contributed by atoms with Crippen molar-refractivity contribution in [3.05, 3.63) is 17.8 Å². The molecule has 2 heterocycles. The topological polar surface area (TPSA) is 37.4 Å². The number of nitrogens with zero attached hydrogens (tertiary/aromatic N) is 2. The van der Waals surface area contributed by atoms with E-state index in [2.05, 4.69) is 15.2 Å². The van der Waals surface area contributed by atoms with Gasteiger partial charge < -0.3 is 15.0 Å². The average molecular weight is 209 g/mol. The molecule has 0 fully saturated rings. The summed E-state index contributed by atoms with van der Waals surface area (Å²) in [7, 11) is 5.78. The molecule has 0 aromatic carbocycles. The third kappa shape index (κ3) is 3.09. The maximum atomic E-state index is 5.47. The van der Waals surface area contributed by atoms with Crippen LogP contribution in [0, 0.1) is 6.92 Å². The first kappa shape index (κ1) is 11.8. The molecule has 0 amide bonds. The molecule has 1 aromatic rings. The highest BCUT2D eigenvalue weighted by Gasteiger charge is 2.15. The SMILES string of the molecule is CNC.Cc1cnc2c(c1)OCCN2C. The molecule has 1 aliphatic heterocycles. The van der Waals surface area contributed by atoms with Crippen LogP contribution in [0.4, 0.5) is 5.82 Å². The lowest BCUT2D eigenvalue weighted by Gasteiger charge is -2.26. The van der Waals surface area contributed by atoms with E-state index in [9.17, 15) is 0 Å². The third-order valence-corrected chi connectivity index (χ3v) is 2.02. The van der Waals surface area contributed by atoms with Crippen molar-refractivity contribution in [1.82, 2.24) is 10.3 Å². The second-order valence-corrected chi connectivity index (χ2v) is 3.60. The van der Waals surface area contributed by atoms with Gasteiger partial charge in [0.25, 0.3) is 0 Å². The van der Waals surface area contributed by atoms with Crippen LogP contribution in [0.15, 0.2) is 12.3 Å². The number of ether oxygens (including phenoxy) is 1. The van der Waals surface area contributed by atoms with Gasteiger partial charge in [0.1, 0.15) is 6.61 Å². The minimum absolute atomic E-state index is 0.759. The average Bonchev–Trinajstić information content (AvgIpc) is 2.19. The monoisotopic (exact) mass is 209 g/mol. The van der Waals surface area contributed by atoms with E-state index in [1.807, 2.05) is 40.3 Å². The van der Waals surface area contributed by atoms with Gasteiger partial charge in [-0.05, 0) is 32.6 Å². The second-order valence-electron chi connectivity index (χ2n) is 3.60. The van der Waals surface area contributed by atoms with Crippen LogP contribution in [0.2, 0.25) is 0 Å². The van der Waals surface area contributed by atoms with Gasteiger partial charge in [-0.25, -0.2) is 4.98 Å². The van der Waals surface area contributed by atoms with Gasteiger partial charge >= 0.3 is 0 Å². The number of rotatable bonds is 0. The van der Waals surface area contributed by atoms with E-state index in [1.165, 1.54) is 0 Å². The molecule has 0 aliphatic carbocycles. The van der Waals surface area contributed by atoms with Gasteiger partial charge in [0.2, 0.25) is 0 Å². The molecule has 0 spiro atoms. The highest BCUT2D eigenvalue weighted by molar-refractivity contribution is 5.54. The molecule has 15 heavy (non-hydrogen) atoms. The summed E-state index contributed by atoms with van der Waals surface area (Å²) in [6, 6.07) is 2.03. The van der Waals surface area contributed by atoms with E-state index in [-0.39, 0.29) is 0 Å². The Balaban J connectivity index is 0.000000337. The second kappa shape index (κ2) is 5.56. The van der Waals surface area contributed by atoms with Crippen LogP contribution in [0.3, 0.4) is 0 Å². The summed E-state index contributed by atoms with van der Waals surface area (Å²) >= 11 is 0. The molecule has 0 radical (unpaired) electrons. The summed E-state index contributed by atoms with van der Waals surface area (Å²) < 4.78 is 5.47. The summed E-state index contributed by atoms with van der Waals surface area (Å²) in [4.78, 5) is 6.41. The van der Waals surface area contributed by atoms with Gasteiger partial charge in [0.15, 0.2) is 11.6 Å². The Bertz CT molecular complexity index is 315. The molecule has 1 aromatic heterocycles. The number of aromatic nitrogens is 1. The fourth-order valence-corrected chi connectivity index (χ4v) is 1.33. The van der Waals surface area contributed by atoms with Gasteiger partial charge in [-0.2, -0.15) is 0 Å². The van der Waals surface area contributed by atoms with Crippen LogP contribution < -0.4 is 15.0 Å². The van der Waals surface area contributed by atoms with E-state index in [1.54, 1.807) is 0 Å². The number of nitrogens with one attached hydrogen (secondary N) is 1. The van der Waals surface area contributed by atoms with Crippen LogP contribution >= 0.6 is 0 Å². The van der Waals surface area contributed by atoms with Gasteiger partial charge in [0.05, 0.1) is 6.54 Å². The number of fused-ring (bicyclic) bond motifs is 1. The molecular weight excluding hydrogens is 190 g/mol. The summed E-state index contributed by atoms with van der Waals surface area (Å²) in [6.07, 6.45) is 1.87. The zero-order valence-corrected chi connectivity index (χ0v) is 9.87. The zero-order chi connectivity index (χ0) is 11.3. The zero-order valence-electron chi connectivity index (χ0n) is 9.87. The predicted octanol–water partition coefficient (Wildman–Crippen LogP) is 1.05. The lowest BCUT2D eigenvalue weighted by molar-refractivity contribution is 0.308. The van der Waals surface area contributed by atoms with Crippen LogP contribution in [0.5, 0.6) is 5.75 Å². The highest BCUT2D eigenvalue weighted by atomic mass is 16.5. The Kier molecular flexibility index (Phi) is 4.37. The van der Waals surface area contributed by atoms with Gasteiger partial charge in [-0.1, -0.05) is 0 Å². The summed E-state index contributed by atoms with van der Waals surface area (Å²) in [6.45, 7) is 3.70. The highest BCUT2D eigenvalue weighted by Crippen LogP contribution is 2.28. The molecule has 0 unspecified atom stereocenters. The Morgan fingerprint density at radius 2 is 2.13 bits per heavy atom. The van der Waals surface area contributed by atoms with Crippen molar-refractivity contribution in [2.75, 3.05) is 39.2 Å². The normalized spacial score (nSPS) is 13.5. The van der Waals surface area contributed by atoms with Gasteiger partial charge in [0, 0.05) is 13.2 Å². The molecule has 1 N–H and O–H groups in total. The first-order chi connectivity index (χ1) is 7.19. The van der Waals surface area contributed by atoms with Crippen LogP contribution in [-0.4, -0.2) is 39.3 Å². The maximum Gasteiger partial charge on any atom is 0.171 e. The van der Waals surface area contributed by atoms with Crippen molar-refractivity contribution in [2.45, 2.75) is 6.92 Å². The number of anilines is 1. The number of hydrogen-bond donors (Lipinski definition) is 1. The Morgan fingerprint density at radius 1 is 1.47 bits per heavy atom. The first-order valence-corrected chi connectivity index (χ1v) is 5.08. The molecule has 0 bridgehead atoms. The van der Waals surface area contributed by atoms with Crippen molar-refractivity contribution < 1.29 is 4.74 Å². The molecular formula is C11H19N3O. The quantitative estimate of drug-likeness (QED) is 0.693. The lowest BCUT2D eigenvalue weighted by atomic mass is 10.3. The Morgan fingerprint density at radius 3 is 2.80 bits per heavy atom. The predicted molar refractivity (Wildman–Crippen MR) is 62.7 cm³/mol. The van der Waals surface area contributed by atoms with E-state index < -0.39 is 0 Å². The molecule has 0 atom stereocenters. The van der Waals surface area contributed by atoms with Gasteiger partial charge in [-0.3, -0.25) is 0 Å². The smallest absolute Gasteiger partial charge is 0.171 e. The van der Waals surface area contributed by atoms with Crippen molar-refractivity contribution in [3.8, 4) is 5.75 Å². The summed E-state index contributed by atoms with van der Waals surface area (Å²) in [5.41, 5.74) is 1.14. The van der Waals surface area contributed by atoms with Crippen LogP contribution in [-0.2, 0) is 0 Å². The van der Waals surface area contributed by atoms with E-state index in [4.69, 9.17) is 4.74 Å². The standard InChI is InChI=1S/C9H12N2O.C2H7N/c1-7-5-8-9(10-6-7)11(2)3-4-12-8;1-3-2/h5-6H,3-4H2,1-2H3;3H,1-2H3. The molecule has 0 saturated heterocycles. The summed E-state index contributed by atoms with van der Waals surface area (Å²) in [5.74, 6) is 1.86. The van der Waals surface area contributed by atoms with E-state index in [0.29, 0.717) is 0 Å². The Hall–Kier alpha value is -1.29. The van der Waals surface area contributed by atoms with Crippen molar-refractivity contribution in [1.29, 1.82) is 0 Å². The molecule has 2 rings (SSSR count). The lowest BCUT2D eigenvalue weighted by Crippen LogP contribution is -2.29. The van der Waals surface area contributed by atoms with E-state index >= 15 is 0 Å². The van der Waals surface area contributed by atoms with Crippen LogP contribution in [0.25, 0.3) is 0 Å². The minimum Gasteiger partial charge on any atom is -0.488 e. The summed E-state index contributed by atoms with van der Waals surface area (Å²) in [5, 5.41) is 2.75. The molecule has 84 valence electrons. The number of aryl methyl sites for hydroxylation is 1. The maximum absolute atomic E-state index is 5.47. The van der Waals surface area contributed by atoms with Crippen LogP contribution in [0.1, 0.15) is 5.56 Å². The van der Waals surface area contributed by atoms with Crippen molar-refractivity contribution in [2.24, 2.45) is 0 Å². The largest absolute Gasteiger partial charge is 0.488 e. The number of pyridine rings is 1. The fraction of sp³-hybridized carbons (Fsp3) is 0.545. The fourth-order valence-electron chi connectivity index (χ4n) is 1.33. The van der Waals surface area contributed by atoms with Crippen molar-refractivity contribution in [3.63, 3.8) is 0 Å². The molecule has 4 heteroatoms. The molecule has 4 nitrogen and oxygen atoms in total. The third-order valence-electron chi connectivity index (χ3n) is 2.02. The minimum atomic E-state index is 0.759. The number of likely N-dealkylation sites (N-methyl/N-ethyl adjacent to an activating group) is 1. The Labute approximate surface area is 91.3 Å².